The third-order valence-corrected chi connectivity index (χ3v) is 3.56. The van der Waals surface area contributed by atoms with Gasteiger partial charge in [-0.05, 0) is 29.7 Å². The quantitative estimate of drug-likeness (QED) is 0.543. The monoisotopic (exact) mass is 271 g/mol. The average Bonchev–Trinajstić information content (AvgIpc) is 2.75. The fraction of sp³-hybridized carbons (Fsp3) is 0.818. The lowest BCUT2D eigenvalue weighted by molar-refractivity contribution is -0.121. The molecule has 0 bridgehead atoms. The highest BCUT2D eigenvalue weighted by atomic mass is 32.2. The van der Waals surface area contributed by atoms with E-state index in [4.69, 9.17) is 0 Å². The van der Waals surface area contributed by atoms with Crippen LogP contribution in [0.4, 0.5) is 0 Å². The summed E-state index contributed by atoms with van der Waals surface area (Å²) in [7, 11) is 1.82. The van der Waals surface area contributed by atoms with Gasteiger partial charge in [0, 0.05) is 25.8 Å². The molecule has 0 unspecified atom stereocenters. The number of aromatic nitrogens is 4. The van der Waals surface area contributed by atoms with E-state index in [2.05, 4.69) is 27.8 Å². The van der Waals surface area contributed by atoms with Gasteiger partial charge in [-0.1, -0.05) is 25.1 Å². The molecule has 1 rings (SSSR count). The van der Waals surface area contributed by atoms with Gasteiger partial charge in [0.05, 0.1) is 0 Å². The lowest BCUT2D eigenvalue weighted by atomic mass is 10.2. The maximum Gasteiger partial charge on any atom is 0.219 e. The van der Waals surface area contributed by atoms with Gasteiger partial charge in [0.15, 0.2) is 0 Å². The van der Waals surface area contributed by atoms with E-state index < -0.39 is 0 Å². The second-order valence-electron chi connectivity index (χ2n) is 4.09. The van der Waals surface area contributed by atoms with Crippen molar-refractivity contribution in [3.05, 3.63) is 0 Å². The van der Waals surface area contributed by atoms with Crippen LogP contribution in [0.3, 0.4) is 0 Å². The van der Waals surface area contributed by atoms with Gasteiger partial charge in [-0.3, -0.25) is 4.79 Å². The van der Waals surface area contributed by atoms with E-state index >= 15 is 0 Å². The molecule has 0 atom stereocenters. The fourth-order valence-electron chi connectivity index (χ4n) is 1.39. The molecule has 1 aromatic rings. The van der Waals surface area contributed by atoms with E-state index in [1.165, 1.54) is 0 Å². The minimum Gasteiger partial charge on any atom is -0.356 e. The van der Waals surface area contributed by atoms with E-state index in [0.717, 1.165) is 43.1 Å². The van der Waals surface area contributed by atoms with Gasteiger partial charge in [-0.25, -0.2) is 4.68 Å². The topological polar surface area (TPSA) is 72.7 Å². The van der Waals surface area contributed by atoms with Gasteiger partial charge in [0.2, 0.25) is 11.1 Å². The van der Waals surface area contributed by atoms with Crippen molar-refractivity contribution in [1.82, 2.24) is 25.5 Å². The molecule has 7 heteroatoms. The number of tetrazole rings is 1. The Labute approximate surface area is 112 Å². The van der Waals surface area contributed by atoms with Gasteiger partial charge in [-0.2, -0.15) is 0 Å². The minimum absolute atomic E-state index is 0.161. The third-order valence-electron chi connectivity index (χ3n) is 2.46. The molecule has 0 aliphatic heterocycles. The molecule has 0 aliphatic carbocycles. The Bertz CT molecular complexity index is 355. The normalized spacial score (nSPS) is 10.6. The molecule has 0 saturated heterocycles. The van der Waals surface area contributed by atoms with Gasteiger partial charge in [0.1, 0.15) is 0 Å². The number of unbranched alkanes of at least 4 members (excludes halogenated alkanes) is 2. The van der Waals surface area contributed by atoms with E-state index in [0.29, 0.717) is 6.42 Å². The highest BCUT2D eigenvalue weighted by molar-refractivity contribution is 7.99. The van der Waals surface area contributed by atoms with Crippen LogP contribution in [-0.4, -0.2) is 38.4 Å². The molecule has 1 aromatic heterocycles. The smallest absolute Gasteiger partial charge is 0.219 e. The zero-order valence-electron chi connectivity index (χ0n) is 11.1. The molecule has 1 heterocycles. The lowest BCUT2D eigenvalue weighted by Gasteiger charge is -2.03. The molecular weight excluding hydrogens is 250 g/mol. The van der Waals surface area contributed by atoms with Crippen molar-refractivity contribution in [1.29, 1.82) is 0 Å². The number of nitrogens with one attached hydrogen (secondary N) is 1. The molecular formula is C11H21N5OS. The first-order valence-corrected chi connectivity index (χ1v) is 7.34. The van der Waals surface area contributed by atoms with Crippen molar-refractivity contribution in [3.8, 4) is 0 Å². The van der Waals surface area contributed by atoms with E-state index in [9.17, 15) is 4.79 Å². The Kier molecular flexibility index (Phi) is 7.40. The summed E-state index contributed by atoms with van der Waals surface area (Å²) in [5.74, 6) is 1.10. The lowest BCUT2D eigenvalue weighted by Crippen LogP contribution is -2.23. The maximum absolute atomic E-state index is 11.4. The summed E-state index contributed by atoms with van der Waals surface area (Å²) in [6.07, 6.45) is 4.69. The number of amides is 1. The zero-order valence-corrected chi connectivity index (χ0v) is 11.9. The van der Waals surface area contributed by atoms with Gasteiger partial charge in [0.25, 0.3) is 0 Å². The van der Waals surface area contributed by atoms with Crippen LogP contribution in [0.5, 0.6) is 0 Å². The first-order valence-electron chi connectivity index (χ1n) is 6.36. The van der Waals surface area contributed by atoms with Crippen LogP contribution in [0, 0.1) is 0 Å². The number of carbonyl (C=O) groups is 1. The molecule has 1 N–H and O–H groups in total. The molecule has 0 spiro atoms. The van der Waals surface area contributed by atoms with Crippen molar-refractivity contribution >= 4 is 17.7 Å². The summed E-state index contributed by atoms with van der Waals surface area (Å²) >= 11 is 1.62. The summed E-state index contributed by atoms with van der Waals surface area (Å²) in [5, 5.41) is 14.9. The molecule has 0 aromatic carbocycles. The summed E-state index contributed by atoms with van der Waals surface area (Å²) < 4.78 is 1.65. The van der Waals surface area contributed by atoms with Crippen molar-refractivity contribution in [2.75, 3.05) is 12.3 Å². The highest BCUT2D eigenvalue weighted by Crippen LogP contribution is 2.14. The summed E-state index contributed by atoms with van der Waals surface area (Å²) in [6, 6.07) is 0. The predicted molar refractivity (Wildman–Crippen MR) is 71.3 cm³/mol. The SMILES string of the molecule is CCCCNC(=O)CCCCSc1nnnn1C. The van der Waals surface area contributed by atoms with Gasteiger partial charge < -0.3 is 5.32 Å². The molecule has 0 aliphatic rings. The largest absolute Gasteiger partial charge is 0.356 e. The Balaban J connectivity index is 1.98. The predicted octanol–water partition coefficient (Wildman–Crippen LogP) is 1.39. The molecule has 18 heavy (non-hydrogen) atoms. The van der Waals surface area contributed by atoms with E-state index in [1.807, 2.05) is 7.05 Å². The van der Waals surface area contributed by atoms with Crippen molar-refractivity contribution in [3.63, 3.8) is 0 Å². The number of carbonyl (C=O) groups excluding carboxylic acids is 1. The average molecular weight is 271 g/mol. The zero-order chi connectivity index (χ0) is 13.2. The first kappa shape index (κ1) is 14.9. The molecule has 0 saturated carbocycles. The summed E-state index contributed by atoms with van der Waals surface area (Å²) in [6.45, 7) is 2.92. The number of hydrogen-bond donors (Lipinski definition) is 1. The second-order valence-corrected chi connectivity index (χ2v) is 5.16. The van der Waals surface area contributed by atoms with Crippen molar-refractivity contribution < 1.29 is 4.79 Å². The second kappa shape index (κ2) is 8.91. The number of thioether (sulfide) groups is 1. The number of aryl methyl sites for hydroxylation is 1. The van der Waals surface area contributed by atoms with Crippen LogP contribution < -0.4 is 5.32 Å². The standard InChI is InChI=1S/C11H21N5OS/c1-3-4-8-12-10(17)7-5-6-9-18-11-13-14-15-16(11)2/h3-9H2,1-2H3,(H,12,17). The Morgan fingerprint density at radius 3 is 2.89 bits per heavy atom. The number of rotatable bonds is 9. The Hall–Kier alpha value is -1.11. The molecule has 0 radical (unpaired) electrons. The van der Waals surface area contributed by atoms with E-state index in [-0.39, 0.29) is 5.91 Å². The van der Waals surface area contributed by atoms with Crippen LogP contribution in [0.1, 0.15) is 39.0 Å². The van der Waals surface area contributed by atoms with Crippen LogP contribution in [-0.2, 0) is 11.8 Å². The van der Waals surface area contributed by atoms with Gasteiger partial charge >= 0.3 is 0 Å². The molecule has 1 amide bonds. The highest BCUT2D eigenvalue weighted by Gasteiger charge is 2.03. The van der Waals surface area contributed by atoms with Crippen LogP contribution in [0.25, 0.3) is 0 Å². The Morgan fingerprint density at radius 2 is 2.22 bits per heavy atom. The Morgan fingerprint density at radius 1 is 1.39 bits per heavy atom. The summed E-state index contributed by atoms with van der Waals surface area (Å²) in [4.78, 5) is 11.4. The number of nitrogens with zero attached hydrogens (tertiary/aromatic N) is 4. The third kappa shape index (κ3) is 6.00. The minimum atomic E-state index is 0.161. The van der Waals surface area contributed by atoms with Crippen LogP contribution in [0.15, 0.2) is 5.16 Å². The fourth-order valence-corrected chi connectivity index (χ4v) is 2.24. The van der Waals surface area contributed by atoms with Crippen LogP contribution in [0.2, 0.25) is 0 Å². The molecule has 0 fully saturated rings. The van der Waals surface area contributed by atoms with Crippen molar-refractivity contribution in [2.24, 2.45) is 7.05 Å². The van der Waals surface area contributed by atoms with E-state index in [1.54, 1.807) is 16.4 Å². The summed E-state index contributed by atoms with van der Waals surface area (Å²) in [5.41, 5.74) is 0. The van der Waals surface area contributed by atoms with Gasteiger partial charge in [-0.15, -0.1) is 5.10 Å². The molecule has 6 nitrogen and oxygen atoms in total. The van der Waals surface area contributed by atoms with Crippen molar-refractivity contribution in [2.45, 2.75) is 44.2 Å². The maximum atomic E-state index is 11.4. The first-order chi connectivity index (χ1) is 8.74. The number of hydrogen-bond acceptors (Lipinski definition) is 5. The van der Waals surface area contributed by atoms with Crippen LogP contribution >= 0.6 is 11.8 Å². The molecule has 102 valence electrons.